The molecule has 0 aromatic carbocycles. The van der Waals surface area contributed by atoms with E-state index in [4.69, 9.17) is 0 Å². The second kappa shape index (κ2) is 7.67. The molecule has 0 aliphatic carbocycles. The van der Waals surface area contributed by atoms with Crippen LogP contribution in [0.25, 0.3) is 0 Å². The summed E-state index contributed by atoms with van der Waals surface area (Å²) in [7, 11) is 0. The average molecular weight is 248 g/mol. The van der Waals surface area contributed by atoms with Crippen molar-refractivity contribution in [3.8, 4) is 0 Å². The molecule has 1 N–H and O–H groups in total. The molecule has 0 spiro atoms. The zero-order valence-electron chi connectivity index (χ0n) is 12.0. The zero-order valence-corrected chi connectivity index (χ0v) is 12.9. The van der Waals surface area contributed by atoms with Gasteiger partial charge in [0.1, 0.15) is 0 Å². The van der Waals surface area contributed by atoms with Gasteiger partial charge in [-0.2, -0.15) is 0 Å². The summed E-state index contributed by atoms with van der Waals surface area (Å²) in [5.41, 5.74) is 0. The molecule has 0 fully saturated rings. The van der Waals surface area contributed by atoms with Crippen molar-refractivity contribution in [2.24, 2.45) is 0 Å². The van der Waals surface area contributed by atoms with Crippen LogP contribution in [-0.4, -0.2) is 29.5 Å². The van der Waals surface area contributed by atoms with Crippen LogP contribution in [0.4, 0.5) is 0 Å². The summed E-state index contributed by atoms with van der Waals surface area (Å²) >= 11 is 0. The van der Waals surface area contributed by atoms with E-state index < -0.39 is 6.83 Å². The van der Waals surface area contributed by atoms with Gasteiger partial charge in [-0.15, -0.1) is 0 Å². The van der Waals surface area contributed by atoms with E-state index in [-0.39, 0.29) is 0 Å². The van der Waals surface area contributed by atoms with Gasteiger partial charge in [0.05, 0.1) is 0 Å². The predicted molar refractivity (Wildman–Crippen MR) is 79.0 cm³/mol. The first kappa shape index (κ1) is 16.4. The Morgan fingerprint density at radius 3 is 1.25 bits per heavy atom. The van der Waals surface area contributed by atoms with Crippen LogP contribution in [-0.2, 0) is 0 Å². The van der Waals surface area contributed by atoms with E-state index in [2.05, 4.69) is 27.7 Å². The molecule has 0 radical (unpaired) electrons. The molecule has 0 aliphatic rings. The van der Waals surface area contributed by atoms with Crippen LogP contribution in [0.15, 0.2) is 0 Å². The molecule has 2 heteroatoms. The minimum atomic E-state index is -2.32. The van der Waals surface area contributed by atoms with Crippen LogP contribution >= 0.6 is 6.83 Å². The van der Waals surface area contributed by atoms with Gasteiger partial charge in [-0.05, 0) is 0 Å². The normalized spacial score (nSPS) is 14.7. The van der Waals surface area contributed by atoms with Crippen molar-refractivity contribution >= 4 is 6.83 Å². The van der Waals surface area contributed by atoms with Gasteiger partial charge in [-0.3, -0.25) is 0 Å². The van der Waals surface area contributed by atoms with Crippen molar-refractivity contribution in [2.45, 2.75) is 66.2 Å². The Hall–Kier alpha value is 0.390. The van der Waals surface area contributed by atoms with Crippen molar-refractivity contribution in [2.75, 3.05) is 24.6 Å². The molecule has 100 valence electrons. The predicted octanol–water partition coefficient (Wildman–Crippen LogP) is 4.87. The number of rotatable bonds is 10. The summed E-state index contributed by atoms with van der Waals surface area (Å²) in [6.07, 6.45) is 11.7. The molecule has 0 saturated carbocycles. The molecule has 0 aromatic rings. The molecule has 0 heterocycles. The van der Waals surface area contributed by atoms with Crippen molar-refractivity contribution < 1.29 is 4.89 Å². The summed E-state index contributed by atoms with van der Waals surface area (Å²) < 4.78 is 0. The molecule has 0 unspecified atom stereocenters. The summed E-state index contributed by atoms with van der Waals surface area (Å²) in [6.45, 7) is 6.61. The molecule has 0 saturated heterocycles. The fraction of sp³-hybridized carbons (Fsp3) is 1.00. The summed E-state index contributed by atoms with van der Waals surface area (Å²) in [5.74, 6) is 0. The van der Waals surface area contributed by atoms with Crippen LogP contribution in [0.5, 0.6) is 0 Å². The Morgan fingerprint density at radius 1 is 0.625 bits per heavy atom. The van der Waals surface area contributed by atoms with E-state index in [9.17, 15) is 4.89 Å². The summed E-state index contributed by atoms with van der Waals surface area (Å²) in [4.78, 5) is 11.4. The van der Waals surface area contributed by atoms with Gasteiger partial charge in [0.25, 0.3) is 0 Å². The fourth-order valence-corrected chi connectivity index (χ4v) is 8.84. The number of unbranched alkanes of at least 4 members (excludes halogenated alkanes) is 2. The third kappa shape index (κ3) is 5.15. The van der Waals surface area contributed by atoms with Gasteiger partial charge in [0.2, 0.25) is 0 Å². The minimum absolute atomic E-state index is 1.11. The van der Waals surface area contributed by atoms with Gasteiger partial charge in [0, 0.05) is 0 Å². The molecule has 0 rings (SSSR count). The fourth-order valence-electron chi connectivity index (χ4n) is 2.95. The van der Waals surface area contributed by atoms with Gasteiger partial charge in [-0.1, -0.05) is 0 Å². The van der Waals surface area contributed by atoms with Gasteiger partial charge in [0.15, 0.2) is 0 Å². The van der Waals surface area contributed by atoms with Gasteiger partial charge < -0.3 is 0 Å². The molecular weight excluding hydrogens is 215 g/mol. The molecule has 16 heavy (non-hydrogen) atoms. The third-order valence-corrected chi connectivity index (χ3v) is 9.89. The number of hydrogen-bond donors (Lipinski definition) is 1. The average Bonchev–Trinajstić information content (AvgIpc) is 2.25. The Kier molecular flexibility index (Phi) is 7.85. The standard InChI is InChI=1S/C14H33OP/c1-5-9-13-16(15,11-7-3,12-8-4)14-10-6-2/h15H,5-14H2,1-4H3. The zero-order chi connectivity index (χ0) is 12.5. The van der Waals surface area contributed by atoms with E-state index >= 15 is 0 Å². The van der Waals surface area contributed by atoms with Crippen molar-refractivity contribution in [3.63, 3.8) is 0 Å². The first-order valence-corrected chi connectivity index (χ1v) is 10.2. The van der Waals surface area contributed by atoms with Crippen molar-refractivity contribution in [1.82, 2.24) is 0 Å². The van der Waals surface area contributed by atoms with Crippen molar-refractivity contribution in [1.29, 1.82) is 0 Å². The van der Waals surface area contributed by atoms with Crippen molar-refractivity contribution in [3.05, 3.63) is 0 Å². The quantitative estimate of drug-likeness (QED) is 0.547. The maximum atomic E-state index is 11.4. The molecule has 0 bridgehead atoms. The first-order valence-electron chi connectivity index (χ1n) is 7.29. The summed E-state index contributed by atoms with van der Waals surface area (Å²) in [6, 6.07) is 0. The summed E-state index contributed by atoms with van der Waals surface area (Å²) in [5, 5.41) is 0. The van der Waals surface area contributed by atoms with Gasteiger partial charge in [-0.25, -0.2) is 0 Å². The van der Waals surface area contributed by atoms with Crippen LogP contribution in [0, 0.1) is 0 Å². The molecule has 0 aromatic heterocycles. The maximum absolute atomic E-state index is 11.4. The van der Waals surface area contributed by atoms with E-state index in [0.717, 1.165) is 37.5 Å². The van der Waals surface area contributed by atoms with Gasteiger partial charge >= 0.3 is 103 Å². The van der Waals surface area contributed by atoms with Crippen LogP contribution in [0.2, 0.25) is 0 Å². The Bertz CT molecular complexity index is 162. The van der Waals surface area contributed by atoms with E-state index in [1.54, 1.807) is 0 Å². The van der Waals surface area contributed by atoms with Crippen LogP contribution in [0.3, 0.4) is 0 Å². The topological polar surface area (TPSA) is 20.2 Å². The Morgan fingerprint density at radius 2 is 1.00 bits per heavy atom. The van der Waals surface area contributed by atoms with Crippen LogP contribution in [0.1, 0.15) is 66.2 Å². The van der Waals surface area contributed by atoms with E-state index in [1.165, 1.54) is 25.7 Å². The first-order chi connectivity index (χ1) is 7.54. The molecule has 1 nitrogen and oxygen atoms in total. The second-order valence-electron chi connectivity index (χ2n) is 5.51. The molecule has 0 amide bonds. The van der Waals surface area contributed by atoms with E-state index in [0.29, 0.717) is 0 Å². The Balaban J connectivity index is 4.71. The van der Waals surface area contributed by atoms with Crippen LogP contribution < -0.4 is 0 Å². The molecule has 0 atom stereocenters. The SMILES string of the molecule is CCCCP(O)(CCC)(CCC)CCCC. The molecular formula is C14H33OP. The number of hydrogen-bond acceptors (Lipinski definition) is 1. The third-order valence-electron chi connectivity index (χ3n) is 3.77. The Labute approximate surface area is 103 Å². The molecule has 0 aliphatic heterocycles. The second-order valence-corrected chi connectivity index (χ2v) is 11.1. The van der Waals surface area contributed by atoms with E-state index in [1.807, 2.05) is 0 Å². The monoisotopic (exact) mass is 248 g/mol.